The molecule has 0 bridgehead atoms. The van der Waals surface area contributed by atoms with E-state index in [1.54, 1.807) is 0 Å². The van der Waals surface area contributed by atoms with Gasteiger partial charge in [-0.05, 0) is 26.1 Å². The van der Waals surface area contributed by atoms with Crippen molar-refractivity contribution in [3.8, 4) is 0 Å². The van der Waals surface area contributed by atoms with E-state index >= 15 is 0 Å². The number of fused-ring (bicyclic) bond motifs is 1. The summed E-state index contributed by atoms with van der Waals surface area (Å²) in [6.07, 6.45) is 0. The molecule has 2 aromatic rings. The van der Waals surface area contributed by atoms with Gasteiger partial charge in [-0.2, -0.15) is 0 Å². The molecule has 0 spiro atoms. The molecule has 0 unspecified atom stereocenters. The molecule has 0 fully saturated rings. The maximum Gasteiger partial charge on any atom is 0.111 e. The highest BCUT2D eigenvalue weighted by Crippen LogP contribution is 2.26. The molecule has 0 radical (unpaired) electrons. The van der Waals surface area contributed by atoms with Gasteiger partial charge >= 0.3 is 0 Å². The van der Waals surface area contributed by atoms with Gasteiger partial charge in [-0.1, -0.05) is 23.2 Å². The molecular formula is C11H13ClN2. The van der Waals surface area contributed by atoms with Crippen molar-refractivity contribution < 1.29 is 0 Å². The van der Waals surface area contributed by atoms with E-state index in [0.717, 1.165) is 22.8 Å². The summed E-state index contributed by atoms with van der Waals surface area (Å²) < 4.78 is 0. The van der Waals surface area contributed by atoms with Crippen molar-refractivity contribution in [3.63, 3.8) is 0 Å². The van der Waals surface area contributed by atoms with Gasteiger partial charge in [0.1, 0.15) is 5.15 Å². The van der Waals surface area contributed by atoms with Gasteiger partial charge in [0, 0.05) is 23.0 Å². The van der Waals surface area contributed by atoms with Gasteiger partial charge in [-0.25, -0.2) is 0 Å². The molecule has 2 nitrogen and oxygen atoms in total. The van der Waals surface area contributed by atoms with Gasteiger partial charge in [0.25, 0.3) is 0 Å². The lowest BCUT2D eigenvalue weighted by Crippen LogP contribution is -2.04. The Morgan fingerprint density at radius 2 is 2.21 bits per heavy atom. The summed E-state index contributed by atoms with van der Waals surface area (Å²) in [6, 6.07) is 6.30. The van der Waals surface area contributed by atoms with E-state index in [1.807, 2.05) is 7.05 Å². The average Bonchev–Trinajstić information content (AvgIpc) is 2.45. The first-order chi connectivity index (χ1) is 6.72. The van der Waals surface area contributed by atoms with Crippen molar-refractivity contribution in [2.45, 2.75) is 13.5 Å². The zero-order valence-corrected chi connectivity index (χ0v) is 9.07. The summed E-state index contributed by atoms with van der Waals surface area (Å²) in [5.74, 6) is 0. The SMILES string of the molecule is CNCc1c(Cl)[nH]c2ccc(C)cc12. The maximum absolute atomic E-state index is 6.10. The lowest BCUT2D eigenvalue weighted by molar-refractivity contribution is 0.823. The molecule has 0 aliphatic rings. The fourth-order valence-corrected chi connectivity index (χ4v) is 1.95. The van der Waals surface area contributed by atoms with Gasteiger partial charge in [-0.3, -0.25) is 0 Å². The Hall–Kier alpha value is -0.990. The highest BCUT2D eigenvalue weighted by Gasteiger charge is 2.08. The molecule has 0 atom stereocenters. The minimum atomic E-state index is 0.736. The van der Waals surface area contributed by atoms with Crippen LogP contribution in [0.1, 0.15) is 11.1 Å². The largest absolute Gasteiger partial charge is 0.345 e. The number of rotatable bonds is 2. The summed E-state index contributed by atoms with van der Waals surface area (Å²) in [5, 5.41) is 5.07. The summed E-state index contributed by atoms with van der Waals surface area (Å²) in [7, 11) is 1.92. The molecule has 74 valence electrons. The Morgan fingerprint density at radius 1 is 1.43 bits per heavy atom. The number of hydrogen-bond donors (Lipinski definition) is 2. The Morgan fingerprint density at radius 3 is 2.93 bits per heavy atom. The third-order valence-corrected chi connectivity index (χ3v) is 2.69. The van der Waals surface area contributed by atoms with E-state index in [9.17, 15) is 0 Å². The molecular weight excluding hydrogens is 196 g/mol. The molecule has 14 heavy (non-hydrogen) atoms. The van der Waals surface area contributed by atoms with E-state index < -0.39 is 0 Å². The number of aromatic nitrogens is 1. The van der Waals surface area contributed by atoms with Crippen LogP contribution in [0.3, 0.4) is 0 Å². The van der Waals surface area contributed by atoms with Crippen LogP contribution in [0.2, 0.25) is 5.15 Å². The van der Waals surface area contributed by atoms with Crippen LogP contribution < -0.4 is 5.32 Å². The van der Waals surface area contributed by atoms with Crippen LogP contribution in [-0.2, 0) is 6.54 Å². The monoisotopic (exact) mass is 208 g/mol. The predicted molar refractivity (Wildman–Crippen MR) is 60.8 cm³/mol. The molecule has 1 heterocycles. The second-order valence-electron chi connectivity index (χ2n) is 3.50. The zero-order chi connectivity index (χ0) is 10.1. The van der Waals surface area contributed by atoms with Crippen molar-refractivity contribution >= 4 is 22.5 Å². The smallest absolute Gasteiger partial charge is 0.111 e. The van der Waals surface area contributed by atoms with Crippen molar-refractivity contribution in [2.75, 3.05) is 7.05 Å². The Labute approximate surface area is 88.3 Å². The summed E-state index contributed by atoms with van der Waals surface area (Å²) in [5.41, 5.74) is 3.50. The second-order valence-corrected chi connectivity index (χ2v) is 3.87. The number of benzene rings is 1. The number of hydrogen-bond acceptors (Lipinski definition) is 1. The molecule has 0 aliphatic heterocycles. The number of aryl methyl sites for hydroxylation is 1. The van der Waals surface area contributed by atoms with E-state index in [4.69, 9.17) is 11.6 Å². The van der Waals surface area contributed by atoms with Crippen LogP contribution in [0.15, 0.2) is 18.2 Å². The van der Waals surface area contributed by atoms with Crippen molar-refractivity contribution in [1.82, 2.24) is 10.3 Å². The lowest BCUT2D eigenvalue weighted by Gasteiger charge is -1.99. The molecule has 0 saturated heterocycles. The van der Waals surface area contributed by atoms with Crippen LogP contribution in [0.25, 0.3) is 10.9 Å². The number of aromatic amines is 1. The average molecular weight is 209 g/mol. The van der Waals surface area contributed by atoms with Crippen molar-refractivity contribution in [3.05, 3.63) is 34.5 Å². The van der Waals surface area contributed by atoms with Crippen LogP contribution in [-0.4, -0.2) is 12.0 Å². The van der Waals surface area contributed by atoms with Crippen LogP contribution >= 0.6 is 11.6 Å². The molecule has 1 aromatic heterocycles. The Kier molecular flexibility index (Phi) is 2.48. The fraction of sp³-hybridized carbons (Fsp3) is 0.273. The topological polar surface area (TPSA) is 27.8 Å². The maximum atomic E-state index is 6.10. The molecule has 3 heteroatoms. The standard InChI is InChI=1S/C11H13ClN2/c1-7-3-4-10-8(5-7)9(6-13-2)11(12)14-10/h3-5,13-14H,6H2,1-2H3. The Bertz CT molecular complexity index is 460. The summed E-state index contributed by atoms with van der Waals surface area (Å²) in [4.78, 5) is 3.16. The fourth-order valence-electron chi connectivity index (χ4n) is 1.68. The first-order valence-corrected chi connectivity index (χ1v) is 5.01. The van der Waals surface area contributed by atoms with Gasteiger partial charge in [0.05, 0.1) is 0 Å². The molecule has 2 N–H and O–H groups in total. The highest BCUT2D eigenvalue weighted by atomic mass is 35.5. The highest BCUT2D eigenvalue weighted by molar-refractivity contribution is 6.31. The number of halogens is 1. The second kappa shape index (κ2) is 3.64. The normalized spacial score (nSPS) is 11.1. The molecule has 0 amide bonds. The van der Waals surface area contributed by atoms with E-state index in [2.05, 4.69) is 35.4 Å². The number of H-pyrrole nitrogens is 1. The number of nitrogens with one attached hydrogen (secondary N) is 2. The van der Waals surface area contributed by atoms with E-state index in [1.165, 1.54) is 10.9 Å². The minimum absolute atomic E-state index is 0.736. The minimum Gasteiger partial charge on any atom is -0.345 e. The van der Waals surface area contributed by atoms with Crippen LogP contribution in [0, 0.1) is 6.92 Å². The third kappa shape index (κ3) is 1.51. The van der Waals surface area contributed by atoms with Gasteiger partial charge < -0.3 is 10.3 Å². The van der Waals surface area contributed by atoms with Gasteiger partial charge in [-0.15, -0.1) is 0 Å². The molecule has 2 rings (SSSR count). The predicted octanol–water partition coefficient (Wildman–Crippen LogP) is 2.85. The van der Waals surface area contributed by atoms with Crippen molar-refractivity contribution in [2.24, 2.45) is 0 Å². The van der Waals surface area contributed by atoms with Crippen molar-refractivity contribution in [1.29, 1.82) is 0 Å². The first kappa shape index (κ1) is 9.56. The molecule has 1 aromatic carbocycles. The van der Waals surface area contributed by atoms with Gasteiger partial charge in [0.15, 0.2) is 0 Å². The summed E-state index contributed by atoms with van der Waals surface area (Å²) in [6.45, 7) is 2.88. The quantitative estimate of drug-likeness (QED) is 0.781. The first-order valence-electron chi connectivity index (χ1n) is 4.63. The van der Waals surface area contributed by atoms with Gasteiger partial charge in [0.2, 0.25) is 0 Å². The third-order valence-electron chi connectivity index (χ3n) is 2.36. The molecule has 0 saturated carbocycles. The van der Waals surface area contributed by atoms with Crippen LogP contribution in [0.4, 0.5) is 0 Å². The zero-order valence-electron chi connectivity index (χ0n) is 8.32. The Balaban J connectivity index is 2.66. The summed E-state index contributed by atoms with van der Waals surface area (Å²) >= 11 is 6.10. The molecule has 0 aliphatic carbocycles. The van der Waals surface area contributed by atoms with E-state index in [0.29, 0.717) is 0 Å². The van der Waals surface area contributed by atoms with E-state index in [-0.39, 0.29) is 0 Å². The van der Waals surface area contributed by atoms with Crippen LogP contribution in [0.5, 0.6) is 0 Å². The lowest BCUT2D eigenvalue weighted by atomic mass is 10.1.